The van der Waals surface area contributed by atoms with E-state index in [4.69, 9.17) is 5.73 Å². The van der Waals surface area contributed by atoms with Gasteiger partial charge < -0.3 is 5.73 Å². The molecule has 0 aliphatic heterocycles. The highest BCUT2D eigenvalue weighted by atomic mass is 19.1. The Morgan fingerprint density at radius 1 is 0.941 bits per heavy atom. The Kier molecular flexibility index (Phi) is 3.25. The van der Waals surface area contributed by atoms with Crippen LogP contribution in [0.25, 0.3) is 11.1 Å². The Hall–Kier alpha value is -1.67. The molecule has 2 aromatic carbocycles. The second-order valence-corrected chi connectivity index (χ2v) is 4.39. The summed E-state index contributed by atoms with van der Waals surface area (Å²) in [7, 11) is 0. The van der Waals surface area contributed by atoms with Gasteiger partial charge in [0.2, 0.25) is 0 Å². The van der Waals surface area contributed by atoms with Crippen LogP contribution in [-0.4, -0.2) is 0 Å². The first-order chi connectivity index (χ1) is 8.10. The molecule has 17 heavy (non-hydrogen) atoms. The number of halogens is 1. The van der Waals surface area contributed by atoms with Crippen LogP contribution >= 0.6 is 0 Å². The molecule has 0 spiro atoms. The summed E-state index contributed by atoms with van der Waals surface area (Å²) >= 11 is 0. The zero-order valence-electron chi connectivity index (χ0n) is 10.1. The smallest absolute Gasteiger partial charge is 0.127 e. The van der Waals surface area contributed by atoms with Crippen molar-refractivity contribution in [1.29, 1.82) is 0 Å². The van der Waals surface area contributed by atoms with E-state index in [9.17, 15) is 4.39 Å². The normalized spacial score (nSPS) is 10.6. The first-order valence-corrected chi connectivity index (χ1v) is 5.67. The lowest BCUT2D eigenvalue weighted by molar-refractivity contribution is 0.611. The highest BCUT2D eigenvalue weighted by Crippen LogP contribution is 2.24. The van der Waals surface area contributed by atoms with Crippen molar-refractivity contribution in [3.05, 3.63) is 58.9 Å². The monoisotopic (exact) mass is 229 g/mol. The number of nitrogens with two attached hydrogens (primary N) is 1. The lowest BCUT2D eigenvalue weighted by Crippen LogP contribution is -1.99. The van der Waals surface area contributed by atoms with E-state index in [1.165, 1.54) is 17.2 Å². The summed E-state index contributed by atoms with van der Waals surface area (Å²) in [5.74, 6) is -0.236. The Morgan fingerprint density at radius 3 is 2.18 bits per heavy atom. The second-order valence-electron chi connectivity index (χ2n) is 4.39. The van der Waals surface area contributed by atoms with Crippen LogP contribution < -0.4 is 5.73 Å². The van der Waals surface area contributed by atoms with Gasteiger partial charge in [0.1, 0.15) is 5.82 Å². The molecule has 88 valence electrons. The van der Waals surface area contributed by atoms with Crippen molar-refractivity contribution in [2.24, 2.45) is 5.73 Å². The molecule has 0 amide bonds. The van der Waals surface area contributed by atoms with Crippen molar-refractivity contribution < 1.29 is 4.39 Å². The fourth-order valence-corrected chi connectivity index (χ4v) is 2.05. The van der Waals surface area contributed by atoms with Gasteiger partial charge in [-0.2, -0.15) is 0 Å². The van der Waals surface area contributed by atoms with Gasteiger partial charge >= 0.3 is 0 Å². The molecule has 0 unspecified atom stereocenters. The molecule has 0 saturated carbocycles. The van der Waals surface area contributed by atoms with E-state index in [1.54, 1.807) is 6.07 Å². The molecule has 0 heterocycles. The fourth-order valence-electron chi connectivity index (χ4n) is 2.05. The summed E-state index contributed by atoms with van der Waals surface area (Å²) in [4.78, 5) is 0. The zero-order valence-corrected chi connectivity index (χ0v) is 10.1. The van der Waals surface area contributed by atoms with E-state index in [1.807, 2.05) is 6.07 Å². The lowest BCUT2D eigenvalue weighted by atomic mass is 9.99. The molecule has 2 aromatic rings. The van der Waals surface area contributed by atoms with Gasteiger partial charge in [0, 0.05) is 12.1 Å². The van der Waals surface area contributed by atoms with Crippen LogP contribution in [-0.2, 0) is 6.54 Å². The van der Waals surface area contributed by atoms with Crippen molar-refractivity contribution in [3.8, 4) is 11.1 Å². The third-order valence-electron chi connectivity index (χ3n) is 2.82. The number of rotatable bonds is 2. The van der Waals surface area contributed by atoms with Crippen LogP contribution in [0.1, 0.15) is 16.7 Å². The van der Waals surface area contributed by atoms with Gasteiger partial charge in [-0.3, -0.25) is 0 Å². The van der Waals surface area contributed by atoms with Gasteiger partial charge in [-0.1, -0.05) is 35.4 Å². The van der Waals surface area contributed by atoms with Gasteiger partial charge in [-0.25, -0.2) is 4.39 Å². The average molecular weight is 229 g/mol. The maximum absolute atomic E-state index is 13.4. The summed E-state index contributed by atoms with van der Waals surface area (Å²) in [5.41, 5.74) is 10.6. The predicted molar refractivity (Wildman–Crippen MR) is 69.2 cm³/mol. The van der Waals surface area contributed by atoms with Gasteiger partial charge in [0.05, 0.1) is 0 Å². The fraction of sp³-hybridized carbons (Fsp3) is 0.200. The van der Waals surface area contributed by atoms with E-state index in [0.717, 1.165) is 11.1 Å². The first kappa shape index (κ1) is 11.8. The molecule has 1 nitrogen and oxygen atoms in total. The molecule has 0 aliphatic carbocycles. The Labute approximate surface area is 101 Å². The largest absolute Gasteiger partial charge is 0.326 e. The summed E-state index contributed by atoms with van der Waals surface area (Å²) in [6.45, 7) is 4.35. The van der Waals surface area contributed by atoms with Gasteiger partial charge in [0.15, 0.2) is 0 Å². The second kappa shape index (κ2) is 4.68. The van der Waals surface area contributed by atoms with Crippen LogP contribution in [0.5, 0.6) is 0 Å². The maximum Gasteiger partial charge on any atom is 0.127 e. The van der Waals surface area contributed by atoms with Crippen molar-refractivity contribution >= 4 is 0 Å². The predicted octanol–water partition coefficient (Wildman–Crippen LogP) is 3.57. The molecule has 0 aromatic heterocycles. The van der Waals surface area contributed by atoms with Crippen LogP contribution in [0.4, 0.5) is 4.39 Å². The topological polar surface area (TPSA) is 26.0 Å². The lowest BCUT2D eigenvalue weighted by Gasteiger charge is -2.07. The van der Waals surface area contributed by atoms with Crippen molar-refractivity contribution in [2.45, 2.75) is 20.4 Å². The minimum absolute atomic E-state index is 0.227. The van der Waals surface area contributed by atoms with Crippen LogP contribution in [0.15, 0.2) is 36.4 Å². The molecule has 2 N–H and O–H groups in total. The highest BCUT2D eigenvalue weighted by molar-refractivity contribution is 5.66. The zero-order chi connectivity index (χ0) is 12.4. The number of aryl methyl sites for hydroxylation is 2. The summed E-state index contributed by atoms with van der Waals surface area (Å²) < 4.78 is 13.4. The molecule has 0 radical (unpaired) electrons. The summed E-state index contributed by atoms with van der Waals surface area (Å²) in [6, 6.07) is 11.4. The number of hydrogen-bond acceptors (Lipinski definition) is 1. The minimum Gasteiger partial charge on any atom is -0.326 e. The van der Waals surface area contributed by atoms with Crippen molar-refractivity contribution in [3.63, 3.8) is 0 Å². The van der Waals surface area contributed by atoms with Crippen LogP contribution in [0.3, 0.4) is 0 Å². The van der Waals surface area contributed by atoms with E-state index in [2.05, 4.69) is 32.0 Å². The quantitative estimate of drug-likeness (QED) is 0.837. The summed E-state index contributed by atoms with van der Waals surface area (Å²) in [5, 5.41) is 0. The third-order valence-corrected chi connectivity index (χ3v) is 2.82. The maximum atomic E-state index is 13.4. The Morgan fingerprint density at radius 2 is 1.59 bits per heavy atom. The van der Waals surface area contributed by atoms with Crippen LogP contribution in [0.2, 0.25) is 0 Å². The first-order valence-electron chi connectivity index (χ1n) is 5.67. The van der Waals surface area contributed by atoms with E-state index < -0.39 is 0 Å². The molecule has 0 atom stereocenters. The standard InChI is InChI=1S/C15H16FN/c1-10-5-11(2)7-13(6-10)12-3-4-15(16)14(8-12)9-17/h3-8H,9,17H2,1-2H3. The highest BCUT2D eigenvalue weighted by Gasteiger charge is 2.04. The van der Waals surface area contributed by atoms with Crippen molar-refractivity contribution in [1.82, 2.24) is 0 Å². The minimum atomic E-state index is -0.236. The van der Waals surface area contributed by atoms with Crippen molar-refractivity contribution in [2.75, 3.05) is 0 Å². The molecule has 0 fully saturated rings. The Bertz CT molecular complexity index is 526. The molecule has 2 heteroatoms. The van der Waals surface area contributed by atoms with E-state index >= 15 is 0 Å². The molecule has 0 bridgehead atoms. The van der Waals surface area contributed by atoms with Gasteiger partial charge in [-0.15, -0.1) is 0 Å². The van der Waals surface area contributed by atoms with E-state index in [-0.39, 0.29) is 12.4 Å². The number of hydrogen-bond donors (Lipinski definition) is 1. The molecule has 2 rings (SSSR count). The molecular formula is C15H16FN. The summed E-state index contributed by atoms with van der Waals surface area (Å²) in [6.07, 6.45) is 0. The average Bonchev–Trinajstić information content (AvgIpc) is 2.28. The third kappa shape index (κ3) is 2.53. The molecule has 0 aliphatic rings. The molecule has 0 saturated heterocycles. The van der Waals surface area contributed by atoms with Gasteiger partial charge in [-0.05, 0) is 37.1 Å². The number of benzene rings is 2. The SMILES string of the molecule is Cc1cc(C)cc(-c2ccc(F)c(CN)c2)c1. The Balaban J connectivity index is 2.52. The van der Waals surface area contributed by atoms with Gasteiger partial charge in [0.25, 0.3) is 0 Å². The van der Waals surface area contributed by atoms with E-state index in [0.29, 0.717) is 5.56 Å². The van der Waals surface area contributed by atoms with Crippen LogP contribution in [0, 0.1) is 19.7 Å². The molecular weight excluding hydrogens is 213 g/mol.